The van der Waals surface area contributed by atoms with Crippen LogP contribution in [0.5, 0.6) is 0 Å². The molecule has 3 rings (SSSR count). The Hall–Kier alpha value is -4.07. The van der Waals surface area contributed by atoms with Crippen LogP contribution in [0.3, 0.4) is 0 Å². The maximum absolute atomic E-state index is 13.7. The standard InChI is InChI=1S/C24H21F2N3O3/c1-15-5-4-6-17(13-15)28-24(32)19-7-2-3-8-21(19)29-22(30)11-12-27-23(31)18-10-9-16(25)14-20(18)26/h2-10,13-14H,11-12H2,1H3,(H,27,31)(H,28,32)(H,29,30). The van der Waals surface area contributed by atoms with Crippen molar-refractivity contribution in [2.24, 2.45) is 0 Å². The van der Waals surface area contributed by atoms with E-state index < -0.39 is 23.4 Å². The molecule has 32 heavy (non-hydrogen) atoms. The van der Waals surface area contributed by atoms with Gasteiger partial charge in [0.05, 0.1) is 16.8 Å². The first-order valence-corrected chi connectivity index (χ1v) is 9.83. The summed E-state index contributed by atoms with van der Waals surface area (Å²) in [4.78, 5) is 37.0. The number of nitrogens with one attached hydrogen (secondary N) is 3. The molecular weight excluding hydrogens is 416 g/mol. The van der Waals surface area contributed by atoms with Gasteiger partial charge in [-0.15, -0.1) is 0 Å². The highest BCUT2D eigenvalue weighted by Gasteiger charge is 2.15. The molecule has 0 atom stereocenters. The molecule has 0 saturated heterocycles. The molecule has 0 spiro atoms. The molecule has 3 aromatic rings. The molecule has 3 amide bonds. The molecule has 0 radical (unpaired) electrons. The Kier molecular flexibility index (Phi) is 7.28. The minimum atomic E-state index is -0.986. The van der Waals surface area contributed by atoms with Gasteiger partial charge in [0.25, 0.3) is 11.8 Å². The smallest absolute Gasteiger partial charge is 0.257 e. The first-order chi connectivity index (χ1) is 15.3. The monoisotopic (exact) mass is 437 g/mol. The van der Waals surface area contributed by atoms with Crippen LogP contribution in [-0.4, -0.2) is 24.3 Å². The largest absolute Gasteiger partial charge is 0.351 e. The number of carbonyl (C=O) groups is 3. The summed E-state index contributed by atoms with van der Waals surface area (Å²) in [5, 5.41) is 7.84. The first-order valence-electron chi connectivity index (χ1n) is 9.83. The van der Waals surface area contributed by atoms with E-state index in [1.165, 1.54) is 0 Å². The highest BCUT2D eigenvalue weighted by atomic mass is 19.1. The molecule has 3 aromatic carbocycles. The number of carbonyl (C=O) groups excluding carboxylic acids is 3. The normalized spacial score (nSPS) is 10.3. The summed E-state index contributed by atoms with van der Waals surface area (Å²) < 4.78 is 26.6. The van der Waals surface area contributed by atoms with Gasteiger partial charge in [0, 0.05) is 24.7 Å². The van der Waals surface area contributed by atoms with Crippen LogP contribution in [0.2, 0.25) is 0 Å². The highest BCUT2D eigenvalue weighted by molar-refractivity contribution is 6.10. The third-order valence-corrected chi connectivity index (χ3v) is 4.54. The number of rotatable bonds is 7. The Morgan fingerprint density at radius 1 is 0.812 bits per heavy atom. The molecule has 0 aliphatic carbocycles. The van der Waals surface area contributed by atoms with Crippen molar-refractivity contribution in [3.63, 3.8) is 0 Å². The fourth-order valence-corrected chi connectivity index (χ4v) is 2.98. The molecule has 8 heteroatoms. The average Bonchev–Trinajstić information content (AvgIpc) is 2.74. The zero-order valence-corrected chi connectivity index (χ0v) is 17.2. The van der Waals surface area contributed by atoms with E-state index in [1.54, 1.807) is 30.3 Å². The van der Waals surface area contributed by atoms with Gasteiger partial charge in [-0.05, 0) is 48.9 Å². The molecule has 0 saturated carbocycles. The minimum Gasteiger partial charge on any atom is -0.351 e. The fraction of sp³-hybridized carbons (Fsp3) is 0.125. The van der Waals surface area contributed by atoms with Crippen LogP contribution >= 0.6 is 0 Å². The van der Waals surface area contributed by atoms with Crippen LogP contribution in [0, 0.1) is 18.6 Å². The maximum Gasteiger partial charge on any atom is 0.257 e. The summed E-state index contributed by atoms with van der Waals surface area (Å²) in [6.45, 7) is 1.84. The number of para-hydroxylation sites is 1. The Labute approximate surface area is 183 Å². The van der Waals surface area contributed by atoms with Crippen LogP contribution in [0.25, 0.3) is 0 Å². The summed E-state index contributed by atoms with van der Waals surface area (Å²) in [6.07, 6.45) is -0.109. The average molecular weight is 437 g/mol. The van der Waals surface area contributed by atoms with Crippen LogP contribution in [0.15, 0.2) is 66.7 Å². The van der Waals surface area contributed by atoms with Crippen LogP contribution in [0.1, 0.15) is 32.7 Å². The van der Waals surface area contributed by atoms with Crippen molar-refractivity contribution in [1.82, 2.24) is 5.32 Å². The van der Waals surface area contributed by atoms with Crippen LogP contribution in [0.4, 0.5) is 20.2 Å². The summed E-state index contributed by atoms with van der Waals surface area (Å²) in [6, 6.07) is 16.5. The number of hydrogen-bond donors (Lipinski definition) is 3. The van der Waals surface area contributed by atoms with Gasteiger partial charge >= 0.3 is 0 Å². The third-order valence-electron chi connectivity index (χ3n) is 4.54. The van der Waals surface area contributed by atoms with Crippen molar-refractivity contribution < 1.29 is 23.2 Å². The zero-order chi connectivity index (χ0) is 23.1. The molecule has 0 aliphatic heterocycles. The molecule has 164 valence electrons. The van der Waals surface area contributed by atoms with Gasteiger partial charge in [-0.2, -0.15) is 0 Å². The van der Waals surface area contributed by atoms with Crippen molar-refractivity contribution in [2.45, 2.75) is 13.3 Å². The van der Waals surface area contributed by atoms with E-state index in [9.17, 15) is 23.2 Å². The summed E-state index contributed by atoms with van der Waals surface area (Å²) >= 11 is 0. The van der Waals surface area contributed by atoms with E-state index in [0.717, 1.165) is 17.7 Å². The lowest BCUT2D eigenvalue weighted by Gasteiger charge is -2.12. The Bertz CT molecular complexity index is 1160. The maximum atomic E-state index is 13.7. The van der Waals surface area contributed by atoms with Crippen molar-refractivity contribution in [1.29, 1.82) is 0 Å². The second-order valence-corrected chi connectivity index (χ2v) is 7.05. The molecule has 6 nitrogen and oxygen atoms in total. The molecule has 0 aliphatic rings. The van der Waals surface area contributed by atoms with Gasteiger partial charge in [-0.1, -0.05) is 24.3 Å². The van der Waals surface area contributed by atoms with E-state index in [0.29, 0.717) is 17.4 Å². The first kappa shape index (κ1) is 22.6. The fourth-order valence-electron chi connectivity index (χ4n) is 2.98. The van der Waals surface area contributed by atoms with E-state index in [-0.39, 0.29) is 30.0 Å². The Morgan fingerprint density at radius 2 is 1.59 bits per heavy atom. The van der Waals surface area contributed by atoms with E-state index in [2.05, 4.69) is 16.0 Å². The number of hydrogen-bond acceptors (Lipinski definition) is 3. The predicted molar refractivity (Wildman–Crippen MR) is 118 cm³/mol. The second kappa shape index (κ2) is 10.3. The van der Waals surface area contributed by atoms with Crippen molar-refractivity contribution in [3.05, 3.63) is 95.1 Å². The van der Waals surface area contributed by atoms with Crippen molar-refractivity contribution in [3.8, 4) is 0 Å². The summed E-state index contributed by atoms with van der Waals surface area (Å²) in [5.74, 6) is -3.36. The van der Waals surface area contributed by atoms with Gasteiger partial charge < -0.3 is 16.0 Å². The van der Waals surface area contributed by atoms with Gasteiger partial charge in [-0.25, -0.2) is 8.78 Å². The predicted octanol–water partition coefficient (Wildman–Crippen LogP) is 4.28. The lowest BCUT2D eigenvalue weighted by Crippen LogP contribution is -2.28. The molecule has 0 unspecified atom stereocenters. The molecular formula is C24H21F2N3O3. The number of anilines is 2. The lowest BCUT2D eigenvalue weighted by molar-refractivity contribution is -0.116. The van der Waals surface area contributed by atoms with Crippen LogP contribution < -0.4 is 16.0 Å². The number of aryl methyl sites for hydroxylation is 1. The van der Waals surface area contributed by atoms with Crippen molar-refractivity contribution in [2.75, 3.05) is 17.2 Å². The van der Waals surface area contributed by atoms with Gasteiger partial charge in [0.2, 0.25) is 5.91 Å². The number of benzene rings is 3. The van der Waals surface area contributed by atoms with Crippen molar-refractivity contribution >= 4 is 29.1 Å². The number of halogens is 2. The summed E-state index contributed by atoms with van der Waals surface area (Å²) in [5.41, 5.74) is 1.90. The molecule has 0 aromatic heterocycles. The highest BCUT2D eigenvalue weighted by Crippen LogP contribution is 2.18. The topological polar surface area (TPSA) is 87.3 Å². The SMILES string of the molecule is Cc1cccc(NC(=O)c2ccccc2NC(=O)CCNC(=O)c2ccc(F)cc2F)c1. The molecule has 3 N–H and O–H groups in total. The van der Waals surface area contributed by atoms with E-state index >= 15 is 0 Å². The minimum absolute atomic E-state index is 0.0703. The van der Waals surface area contributed by atoms with E-state index in [1.807, 2.05) is 25.1 Å². The third kappa shape index (κ3) is 5.98. The van der Waals surface area contributed by atoms with Gasteiger partial charge in [0.1, 0.15) is 11.6 Å². The molecule has 0 bridgehead atoms. The Balaban J connectivity index is 1.57. The van der Waals surface area contributed by atoms with Gasteiger partial charge in [0.15, 0.2) is 0 Å². The number of amides is 3. The van der Waals surface area contributed by atoms with Crippen LogP contribution in [-0.2, 0) is 4.79 Å². The van der Waals surface area contributed by atoms with E-state index in [4.69, 9.17) is 0 Å². The zero-order valence-electron chi connectivity index (χ0n) is 17.2. The lowest BCUT2D eigenvalue weighted by atomic mass is 10.1. The molecule has 0 fully saturated rings. The quantitative estimate of drug-likeness (QED) is 0.516. The summed E-state index contributed by atoms with van der Waals surface area (Å²) in [7, 11) is 0. The Morgan fingerprint density at radius 3 is 2.34 bits per heavy atom. The second-order valence-electron chi connectivity index (χ2n) is 7.05. The molecule has 0 heterocycles. The van der Waals surface area contributed by atoms with Gasteiger partial charge in [-0.3, -0.25) is 14.4 Å².